The van der Waals surface area contributed by atoms with Crippen molar-refractivity contribution in [1.82, 2.24) is 10.2 Å². The molecule has 0 aromatic rings. The topological polar surface area (TPSA) is 82.4 Å². The molecule has 0 aromatic heterocycles. The lowest BCUT2D eigenvalue weighted by Gasteiger charge is -2.32. The summed E-state index contributed by atoms with van der Waals surface area (Å²) in [6, 6.07) is 2.07. The molecule has 0 spiro atoms. The van der Waals surface area contributed by atoms with Crippen molar-refractivity contribution in [1.29, 1.82) is 5.26 Å². The highest BCUT2D eigenvalue weighted by atomic mass is 16.6. The summed E-state index contributed by atoms with van der Waals surface area (Å²) >= 11 is 0. The van der Waals surface area contributed by atoms with Crippen LogP contribution in [0.5, 0.6) is 0 Å². The minimum atomic E-state index is -0.613. The molecule has 0 bridgehead atoms. The molecule has 1 atom stereocenters. The van der Waals surface area contributed by atoms with Gasteiger partial charge in [0.05, 0.1) is 12.7 Å². The Morgan fingerprint density at radius 2 is 2.00 bits per heavy atom. The van der Waals surface area contributed by atoms with Crippen LogP contribution in [0.4, 0.5) is 4.79 Å². The van der Waals surface area contributed by atoms with Crippen LogP contribution in [0.2, 0.25) is 0 Å². The highest BCUT2D eigenvalue weighted by Crippen LogP contribution is 2.14. The summed E-state index contributed by atoms with van der Waals surface area (Å²) in [5, 5.41) is 11.9. The molecule has 6 heteroatoms. The van der Waals surface area contributed by atoms with Crippen molar-refractivity contribution in [3.8, 4) is 6.07 Å². The molecular formula is C14H23N3O3. The first-order valence-electron chi connectivity index (χ1n) is 7.11. The quantitative estimate of drug-likeness (QED) is 0.847. The highest BCUT2D eigenvalue weighted by molar-refractivity contribution is 5.81. The monoisotopic (exact) mass is 281 g/mol. The van der Waals surface area contributed by atoms with Gasteiger partial charge >= 0.3 is 6.09 Å². The molecule has 0 aromatic carbocycles. The van der Waals surface area contributed by atoms with E-state index >= 15 is 0 Å². The number of carbonyl (C=O) groups excluding carboxylic acids is 2. The molecule has 1 fully saturated rings. The molecule has 2 amide bonds. The predicted octanol–water partition coefficient (Wildman–Crippen LogP) is 1.52. The van der Waals surface area contributed by atoms with Gasteiger partial charge in [-0.1, -0.05) is 13.8 Å². The fraction of sp³-hybridized carbons (Fsp3) is 0.786. The zero-order valence-corrected chi connectivity index (χ0v) is 12.4. The van der Waals surface area contributed by atoms with Gasteiger partial charge in [-0.2, -0.15) is 5.26 Å². The molecule has 1 unspecified atom stereocenters. The number of nitrogens with one attached hydrogen (secondary N) is 1. The van der Waals surface area contributed by atoms with Crippen molar-refractivity contribution in [2.24, 2.45) is 11.8 Å². The van der Waals surface area contributed by atoms with Gasteiger partial charge in [-0.25, -0.2) is 4.79 Å². The summed E-state index contributed by atoms with van der Waals surface area (Å²) in [5.41, 5.74) is 0. The Kier molecular flexibility index (Phi) is 6.29. The number of hydrogen-bond acceptors (Lipinski definition) is 4. The van der Waals surface area contributed by atoms with E-state index in [-0.39, 0.29) is 24.0 Å². The van der Waals surface area contributed by atoms with Crippen LogP contribution in [0.25, 0.3) is 0 Å². The standard InChI is InChI=1S/C14H23N3O3/c1-4-20-14(19)17-7-5-11(6-8-17)16-13(18)12(9-15)10(2)3/h10-12H,4-8H2,1-3H3,(H,16,18). The summed E-state index contributed by atoms with van der Waals surface area (Å²) < 4.78 is 4.94. The van der Waals surface area contributed by atoms with E-state index in [0.717, 1.165) is 0 Å². The summed E-state index contributed by atoms with van der Waals surface area (Å²) in [5.74, 6) is -0.824. The lowest BCUT2D eigenvalue weighted by molar-refractivity contribution is -0.125. The molecule has 1 aliphatic rings. The van der Waals surface area contributed by atoms with Gasteiger partial charge in [0.1, 0.15) is 5.92 Å². The summed E-state index contributed by atoms with van der Waals surface area (Å²) in [6.45, 7) is 7.01. The van der Waals surface area contributed by atoms with E-state index in [1.165, 1.54) is 0 Å². The zero-order chi connectivity index (χ0) is 15.1. The lowest BCUT2D eigenvalue weighted by atomic mass is 9.95. The van der Waals surface area contributed by atoms with Crippen molar-refractivity contribution in [3.05, 3.63) is 0 Å². The van der Waals surface area contributed by atoms with Crippen LogP contribution in [0.3, 0.4) is 0 Å². The zero-order valence-electron chi connectivity index (χ0n) is 12.4. The van der Waals surface area contributed by atoms with E-state index in [9.17, 15) is 9.59 Å². The molecule has 1 rings (SSSR count). The summed E-state index contributed by atoms with van der Waals surface area (Å²) in [4.78, 5) is 25.2. The Labute approximate surface area is 120 Å². The van der Waals surface area contributed by atoms with Gasteiger partial charge in [0.2, 0.25) is 5.91 Å². The first kappa shape index (κ1) is 16.3. The van der Waals surface area contributed by atoms with Gasteiger partial charge in [-0.05, 0) is 25.7 Å². The molecule has 1 saturated heterocycles. The summed E-state index contributed by atoms with van der Waals surface area (Å²) in [7, 11) is 0. The minimum Gasteiger partial charge on any atom is -0.450 e. The number of carbonyl (C=O) groups is 2. The third-order valence-electron chi connectivity index (χ3n) is 3.46. The fourth-order valence-corrected chi connectivity index (χ4v) is 2.22. The number of likely N-dealkylation sites (tertiary alicyclic amines) is 1. The predicted molar refractivity (Wildman–Crippen MR) is 73.7 cm³/mol. The Hall–Kier alpha value is -1.77. The molecule has 1 N–H and O–H groups in total. The van der Waals surface area contributed by atoms with Crippen LogP contribution >= 0.6 is 0 Å². The van der Waals surface area contributed by atoms with Gasteiger partial charge < -0.3 is 15.0 Å². The largest absolute Gasteiger partial charge is 0.450 e. The Balaban J connectivity index is 2.41. The molecule has 6 nitrogen and oxygen atoms in total. The van der Waals surface area contributed by atoms with Crippen LogP contribution in [0.15, 0.2) is 0 Å². The van der Waals surface area contributed by atoms with E-state index in [0.29, 0.717) is 32.5 Å². The fourth-order valence-electron chi connectivity index (χ4n) is 2.22. The number of ether oxygens (including phenoxy) is 1. The molecule has 1 heterocycles. The molecule has 0 aliphatic carbocycles. The summed E-state index contributed by atoms with van der Waals surface area (Å²) in [6.07, 6.45) is 1.09. The molecule has 0 saturated carbocycles. The molecule has 0 radical (unpaired) electrons. The van der Waals surface area contributed by atoms with Crippen molar-refractivity contribution < 1.29 is 14.3 Å². The van der Waals surface area contributed by atoms with Gasteiger partial charge in [0.25, 0.3) is 0 Å². The van der Waals surface area contributed by atoms with Gasteiger partial charge in [-0.3, -0.25) is 4.79 Å². The van der Waals surface area contributed by atoms with E-state index in [2.05, 4.69) is 5.32 Å². The SMILES string of the molecule is CCOC(=O)N1CCC(NC(=O)C(C#N)C(C)C)CC1. The number of amides is 2. The van der Waals surface area contributed by atoms with Crippen LogP contribution in [-0.2, 0) is 9.53 Å². The normalized spacial score (nSPS) is 17.4. The molecular weight excluding hydrogens is 258 g/mol. The first-order chi connectivity index (χ1) is 9.49. The van der Waals surface area contributed by atoms with Crippen LogP contribution in [0.1, 0.15) is 33.6 Å². The van der Waals surface area contributed by atoms with Gasteiger partial charge in [0, 0.05) is 19.1 Å². The van der Waals surface area contributed by atoms with E-state index in [1.54, 1.807) is 11.8 Å². The van der Waals surface area contributed by atoms with E-state index in [4.69, 9.17) is 10.00 Å². The Bertz CT molecular complexity index is 382. The third kappa shape index (κ3) is 4.41. The smallest absolute Gasteiger partial charge is 0.409 e. The van der Waals surface area contributed by atoms with Crippen LogP contribution in [0, 0.1) is 23.2 Å². The molecule has 1 aliphatic heterocycles. The van der Waals surface area contributed by atoms with Crippen molar-refractivity contribution in [2.45, 2.75) is 39.7 Å². The highest BCUT2D eigenvalue weighted by Gasteiger charge is 2.28. The number of hydrogen-bond donors (Lipinski definition) is 1. The van der Waals surface area contributed by atoms with Crippen LogP contribution in [-0.4, -0.2) is 42.6 Å². The van der Waals surface area contributed by atoms with E-state index in [1.807, 2.05) is 19.9 Å². The van der Waals surface area contributed by atoms with Crippen LogP contribution < -0.4 is 5.32 Å². The molecule has 20 heavy (non-hydrogen) atoms. The minimum absolute atomic E-state index is 0.000351. The number of nitriles is 1. The van der Waals surface area contributed by atoms with Crippen molar-refractivity contribution in [2.75, 3.05) is 19.7 Å². The maximum Gasteiger partial charge on any atom is 0.409 e. The number of piperidine rings is 1. The lowest BCUT2D eigenvalue weighted by Crippen LogP contribution is -2.48. The second-order valence-corrected chi connectivity index (χ2v) is 5.32. The average molecular weight is 281 g/mol. The maximum absolute atomic E-state index is 12.0. The second kappa shape index (κ2) is 7.73. The maximum atomic E-state index is 12.0. The van der Waals surface area contributed by atoms with Gasteiger partial charge in [0.15, 0.2) is 0 Å². The first-order valence-corrected chi connectivity index (χ1v) is 7.11. The Morgan fingerprint density at radius 3 is 2.45 bits per heavy atom. The second-order valence-electron chi connectivity index (χ2n) is 5.32. The average Bonchev–Trinajstić information content (AvgIpc) is 2.40. The molecule has 112 valence electrons. The number of rotatable bonds is 4. The van der Waals surface area contributed by atoms with E-state index < -0.39 is 5.92 Å². The van der Waals surface area contributed by atoms with Crippen molar-refractivity contribution in [3.63, 3.8) is 0 Å². The number of nitrogens with zero attached hydrogens (tertiary/aromatic N) is 2. The Morgan fingerprint density at radius 1 is 1.40 bits per heavy atom. The third-order valence-corrected chi connectivity index (χ3v) is 3.46. The van der Waals surface area contributed by atoms with Crippen molar-refractivity contribution >= 4 is 12.0 Å². The van der Waals surface area contributed by atoms with Gasteiger partial charge in [-0.15, -0.1) is 0 Å².